The summed E-state index contributed by atoms with van der Waals surface area (Å²) in [4.78, 5) is 8.31. The van der Waals surface area contributed by atoms with E-state index >= 15 is 0 Å². The molecule has 0 atom stereocenters. The molecule has 0 bridgehead atoms. The number of hydrogen-bond acceptors (Lipinski definition) is 5. The molecule has 0 radical (unpaired) electrons. The van der Waals surface area contributed by atoms with Crippen molar-refractivity contribution < 1.29 is 0 Å². The van der Waals surface area contributed by atoms with Crippen molar-refractivity contribution in [1.82, 2.24) is 9.97 Å². The Morgan fingerprint density at radius 2 is 1.58 bits per heavy atom. The van der Waals surface area contributed by atoms with Crippen molar-refractivity contribution >= 4 is 63.5 Å². The summed E-state index contributed by atoms with van der Waals surface area (Å²) in [6, 6.07) is 12.5. The van der Waals surface area contributed by atoms with Crippen molar-refractivity contribution in [2.45, 2.75) is 0 Å². The Hall–Kier alpha value is -2.21. The van der Waals surface area contributed by atoms with Gasteiger partial charge in [0.05, 0.1) is 15.7 Å². The normalized spacial score (nSPS) is 10.5. The molecule has 0 aliphatic rings. The maximum absolute atomic E-state index is 6.17. The molecule has 0 saturated heterocycles. The largest absolute Gasteiger partial charge is 0.393 e. The van der Waals surface area contributed by atoms with E-state index in [1.165, 1.54) is 6.33 Å². The Balaban J connectivity index is 1.89. The predicted molar refractivity (Wildman–Crippen MR) is 101 cm³/mol. The van der Waals surface area contributed by atoms with Gasteiger partial charge in [-0.1, -0.05) is 46.9 Å². The summed E-state index contributed by atoms with van der Waals surface area (Å²) in [7, 11) is 0. The molecule has 1 heterocycles. The van der Waals surface area contributed by atoms with E-state index in [-0.39, 0.29) is 0 Å². The fourth-order valence-electron chi connectivity index (χ4n) is 2.03. The van der Waals surface area contributed by atoms with Crippen LogP contribution in [0.25, 0.3) is 0 Å². The Labute approximate surface area is 153 Å². The lowest BCUT2D eigenvalue weighted by Gasteiger charge is -2.13. The highest BCUT2D eigenvalue weighted by Crippen LogP contribution is 2.34. The molecular weight excluding hydrogens is 369 g/mol. The summed E-state index contributed by atoms with van der Waals surface area (Å²) in [6.07, 6.45) is 1.39. The minimum absolute atomic E-state index is 0.341. The average molecular weight is 381 g/mol. The van der Waals surface area contributed by atoms with Gasteiger partial charge in [0.2, 0.25) is 0 Å². The highest BCUT2D eigenvalue weighted by Gasteiger charge is 2.11. The van der Waals surface area contributed by atoms with Gasteiger partial charge in [-0.2, -0.15) is 0 Å². The van der Waals surface area contributed by atoms with Crippen LogP contribution in [0.15, 0.2) is 48.8 Å². The maximum atomic E-state index is 6.17. The van der Waals surface area contributed by atoms with Gasteiger partial charge in [0.1, 0.15) is 12.0 Å². The Morgan fingerprint density at radius 3 is 2.33 bits per heavy atom. The fraction of sp³-hybridized carbons (Fsp3) is 0. The van der Waals surface area contributed by atoms with Gasteiger partial charge in [-0.05, 0) is 30.3 Å². The number of benzene rings is 2. The molecule has 0 fully saturated rings. The van der Waals surface area contributed by atoms with Crippen molar-refractivity contribution in [1.29, 1.82) is 0 Å². The SMILES string of the molecule is Nc1c(Nc2cccc(Cl)c2)ncnc1Nc1cccc(Cl)c1Cl. The molecule has 0 amide bonds. The minimum Gasteiger partial charge on any atom is -0.393 e. The lowest BCUT2D eigenvalue weighted by Crippen LogP contribution is -2.05. The monoisotopic (exact) mass is 379 g/mol. The van der Waals surface area contributed by atoms with Crippen molar-refractivity contribution in [3.8, 4) is 0 Å². The van der Waals surface area contributed by atoms with Crippen LogP contribution < -0.4 is 16.4 Å². The van der Waals surface area contributed by atoms with E-state index < -0.39 is 0 Å². The molecule has 1 aromatic heterocycles. The van der Waals surface area contributed by atoms with Gasteiger partial charge in [-0.25, -0.2) is 9.97 Å². The van der Waals surface area contributed by atoms with Crippen molar-refractivity contribution in [3.63, 3.8) is 0 Å². The molecule has 4 N–H and O–H groups in total. The molecule has 0 spiro atoms. The summed E-state index contributed by atoms with van der Waals surface area (Å²) in [5.74, 6) is 0.867. The molecule has 0 aliphatic heterocycles. The van der Waals surface area contributed by atoms with Crippen LogP contribution in [-0.2, 0) is 0 Å². The smallest absolute Gasteiger partial charge is 0.159 e. The van der Waals surface area contributed by atoms with Gasteiger partial charge in [0.15, 0.2) is 11.6 Å². The van der Waals surface area contributed by atoms with Crippen molar-refractivity contribution in [2.75, 3.05) is 16.4 Å². The summed E-state index contributed by atoms with van der Waals surface area (Å²) in [6.45, 7) is 0. The topological polar surface area (TPSA) is 75.9 Å². The third kappa shape index (κ3) is 3.64. The van der Waals surface area contributed by atoms with E-state index in [1.54, 1.807) is 30.3 Å². The highest BCUT2D eigenvalue weighted by molar-refractivity contribution is 6.43. The van der Waals surface area contributed by atoms with E-state index in [0.717, 1.165) is 5.69 Å². The number of hydrogen-bond donors (Lipinski definition) is 3. The highest BCUT2D eigenvalue weighted by atomic mass is 35.5. The third-order valence-corrected chi connectivity index (χ3v) is 4.23. The summed E-state index contributed by atoms with van der Waals surface area (Å²) < 4.78 is 0. The van der Waals surface area contributed by atoms with Crippen LogP contribution >= 0.6 is 34.8 Å². The molecule has 3 aromatic rings. The number of nitrogens with one attached hydrogen (secondary N) is 2. The Kier molecular flexibility index (Phi) is 4.94. The first-order valence-corrected chi connectivity index (χ1v) is 8.02. The van der Waals surface area contributed by atoms with Crippen LogP contribution in [-0.4, -0.2) is 9.97 Å². The summed E-state index contributed by atoms with van der Waals surface area (Å²) >= 11 is 18.2. The third-order valence-electron chi connectivity index (χ3n) is 3.18. The zero-order valence-corrected chi connectivity index (χ0v) is 14.5. The van der Waals surface area contributed by atoms with Gasteiger partial charge in [-0.3, -0.25) is 0 Å². The molecule has 0 unspecified atom stereocenters. The molecule has 0 saturated carbocycles. The molecule has 8 heteroatoms. The zero-order chi connectivity index (χ0) is 17.1. The lowest BCUT2D eigenvalue weighted by molar-refractivity contribution is 1.17. The van der Waals surface area contributed by atoms with Crippen LogP contribution in [0.1, 0.15) is 0 Å². The lowest BCUT2D eigenvalue weighted by atomic mass is 10.3. The van der Waals surface area contributed by atoms with Crippen LogP contribution in [0.5, 0.6) is 0 Å². The number of aromatic nitrogens is 2. The first-order valence-electron chi connectivity index (χ1n) is 6.88. The second kappa shape index (κ2) is 7.13. The second-order valence-electron chi connectivity index (χ2n) is 4.85. The molecule has 2 aromatic carbocycles. The van der Waals surface area contributed by atoms with Gasteiger partial charge < -0.3 is 16.4 Å². The van der Waals surface area contributed by atoms with Crippen LogP contribution in [0.2, 0.25) is 15.1 Å². The number of rotatable bonds is 4. The molecule has 0 aliphatic carbocycles. The summed E-state index contributed by atoms with van der Waals surface area (Å²) in [5, 5.41) is 7.60. The number of nitrogens with zero attached hydrogens (tertiary/aromatic N) is 2. The molecule has 3 rings (SSSR count). The molecule has 5 nitrogen and oxygen atoms in total. The number of anilines is 5. The Morgan fingerprint density at radius 1 is 0.875 bits per heavy atom. The molecular formula is C16H12Cl3N5. The van der Waals surface area contributed by atoms with Crippen LogP contribution in [0, 0.1) is 0 Å². The zero-order valence-electron chi connectivity index (χ0n) is 12.2. The van der Waals surface area contributed by atoms with Gasteiger partial charge >= 0.3 is 0 Å². The average Bonchev–Trinajstić information content (AvgIpc) is 2.55. The van der Waals surface area contributed by atoms with Crippen LogP contribution in [0.4, 0.5) is 28.7 Å². The summed E-state index contributed by atoms with van der Waals surface area (Å²) in [5.41, 5.74) is 7.85. The minimum atomic E-state index is 0.341. The number of halogens is 3. The molecule has 122 valence electrons. The van der Waals surface area contributed by atoms with E-state index in [2.05, 4.69) is 20.6 Å². The maximum Gasteiger partial charge on any atom is 0.159 e. The van der Waals surface area contributed by atoms with Crippen molar-refractivity contribution in [2.24, 2.45) is 0 Å². The Bertz CT molecular complexity index is 885. The fourth-order valence-corrected chi connectivity index (χ4v) is 2.56. The van der Waals surface area contributed by atoms with Crippen molar-refractivity contribution in [3.05, 3.63) is 63.9 Å². The van der Waals surface area contributed by atoms with E-state index in [0.29, 0.717) is 38.1 Å². The predicted octanol–water partition coefficient (Wildman–Crippen LogP) is 5.51. The number of nitrogen functional groups attached to an aromatic ring is 1. The van der Waals surface area contributed by atoms with Gasteiger partial charge in [-0.15, -0.1) is 0 Å². The number of nitrogens with two attached hydrogens (primary N) is 1. The quantitative estimate of drug-likeness (QED) is 0.556. The van der Waals surface area contributed by atoms with Gasteiger partial charge in [0.25, 0.3) is 0 Å². The van der Waals surface area contributed by atoms with E-state index in [4.69, 9.17) is 40.5 Å². The van der Waals surface area contributed by atoms with E-state index in [1.807, 2.05) is 12.1 Å². The van der Waals surface area contributed by atoms with E-state index in [9.17, 15) is 0 Å². The molecule has 24 heavy (non-hydrogen) atoms. The standard InChI is InChI=1S/C16H12Cl3N5/c17-9-3-1-4-10(7-9)23-15-14(20)16(22-8-21-15)24-12-6-2-5-11(18)13(12)19/h1-8H,20H2,(H2,21,22,23,24). The first-order chi connectivity index (χ1) is 11.5. The van der Waals surface area contributed by atoms with Gasteiger partial charge in [0, 0.05) is 10.7 Å². The van der Waals surface area contributed by atoms with Crippen LogP contribution in [0.3, 0.4) is 0 Å². The second-order valence-corrected chi connectivity index (χ2v) is 6.07. The first kappa shape index (κ1) is 16.6.